The molecule has 0 unspecified atom stereocenters. The van der Waals surface area contributed by atoms with E-state index in [0.29, 0.717) is 5.56 Å². The molecule has 3 N–H and O–H groups in total. The molecule has 4 atom stereocenters. The van der Waals surface area contributed by atoms with Crippen molar-refractivity contribution in [1.82, 2.24) is 4.90 Å². The quantitative estimate of drug-likeness (QED) is 0.555. The van der Waals surface area contributed by atoms with Gasteiger partial charge in [0.15, 0.2) is 11.5 Å². The van der Waals surface area contributed by atoms with E-state index in [1.807, 2.05) is 0 Å². The fourth-order valence-corrected chi connectivity index (χ4v) is 4.26. The third kappa shape index (κ3) is 2.36. The second-order valence-corrected chi connectivity index (χ2v) is 6.82. The van der Waals surface area contributed by atoms with Crippen molar-refractivity contribution in [3.05, 3.63) is 23.8 Å². The number of carbonyl (C=O) groups is 3. The largest absolute Gasteiger partial charge is 0.504 e. The van der Waals surface area contributed by atoms with Gasteiger partial charge in [0.05, 0.1) is 14.2 Å². The number of quaternary nitrogens is 1. The van der Waals surface area contributed by atoms with Crippen LogP contribution in [0.5, 0.6) is 11.5 Å². The van der Waals surface area contributed by atoms with E-state index in [-0.39, 0.29) is 29.9 Å². The molecule has 0 spiro atoms. The highest BCUT2D eigenvalue weighted by atomic mass is 16.5. The molecular weight excluding hydrogens is 340 g/mol. The molecule has 1 aromatic rings. The van der Waals surface area contributed by atoms with E-state index >= 15 is 0 Å². The van der Waals surface area contributed by atoms with Gasteiger partial charge in [-0.15, -0.1) is 0 Å². The summed E-state index contributed by atoms with van der Waals surface area (Å²) in [4.78, 5) is 39.4. The number of hydrogen-bond donors (Lipinski definition) is 2. The van der Waals surface area contributed by atoms with E-state index in [9.17, 15) is 19.5 Å². The monoisotopic (exact) mass is 363 g/mol. The predicted octanol–water partition coefficient (Wildman–Crippen LogP) is -0.428. The van der Waals surface area contributed by atoms with E-state index in [1.54, 1.807) is 31.3 Å². The minimum absolute atomic E-state index is 0.0227. The van der Waals surface area contributed by atoms with Gasteiger partial charge in [-0.1, -0.05) is 0 Å². The van der Waals surface area contributed by atoms with Gasteiger partial charge >= 0.3 is 5.97 Å². The SMILES string of the molecule is CCN1C(=O)[C@H]2[C@@H](c3ccc(O)c(OC)c3)[NH2+][C@@](C)(C(=O)OC)[C@@H]2C1=O. The van der Waals surface area contributed by atoms with Crippen LogP contribution in [0.3, 0.4) is 0 Å². The molecule has 8 nitrogen and oxygen atoms in total. The Morgan fingerprint density at radius 3 is 2.58 bits per heavy atom. The van der Waals surface area contributed by atoms with E-state index in [2.05, 4.69) is 0 Å². The Morgan fingerprint density at radius 1 is 1.31 bits per heavy atom. The summed E-state index contributed by atoms with van der Waals surface area (Å²) >= 11 is 0. The second-order valence-electron chi connectivity index (χ2n) is 6.82. The minimum Gasteiger partial charge on any atom is -0.504 e. The van der Waals surface area contributed by atoms with Crippen LogP contribution in [0.1, 0.15) is 25.5 Å². The third-order valence-corrected chi connectivity index (χ3v) is 5.53. The zero-order chi connectivity index (χ0) is 19.2. The van der Waals surface area contributed by atoms with Crippen LogP contribution in [0, 0.1) is 11.8 Å². The van der Waals surface area contributed by atoms with Crippen LogP contribution in [0.2, 0.25) is 0 Å². The van der Waals surface area contributed by atoms with Crippen molar-refractivity contribution < 1.29 is 34.3 Å². The Hall–Kier alpha value is -2.61. The molecule has 2 amide bonds. The number of likely N-dealkylation sites (tertiary alicyclic amines) is 1. The van der Waals surface area contributed by atoms with Crippen molar-refractivity contribution in [3.8, 4) is 11.5 Å². The molecule has 3 rings (SSSR count). The molecule has 0 aromatic heterocycles. The Bertz CT molecular complexity index is 779. The third-order valence-electron chi connectivity index (χ3n) is 5.53. The van der Waals surface area contributed by atoms with Crippen molar-refractivity contribution in [2.45, 2.75) is 25.4 Å². The van der Waals surface area contributed by atoms with E-state index in [1.165, 1.54) is 25.2 Å². The standard InChI is InChI=1S/C18H22N2O6/c1-5-20-15(22)12-13(16(20)23)18(2,17(24)26-4)19-14(12)9-6-7-10(21)11(8-9)25-3/h6-8,12-14,19,21H,5H2,1-4H3/p+1/t12-,13+,14-,18-/m1/s1. The van der Waals surface area contributed by atoms with Crippen LogP contribution in [-0.4, -0.2) is 54.1 Å². The zero-order valence-corrected chi connectivity index (χ0v) is 15.2. The van der Waals surface area contributed by atoms with Gasteiger partial charge in [-0.05, 0) is 25.1 Å². The van der Waals surface area contributed by atoms with Gasteiger partial charge in [0.1, 0.15) is 17.9 Å². The summed E-state index contributed by atoms with van der Waals surface area (Å²) < 4.78 is 10.1. The Labute approximate surface area is 151 Å². The van der Waals surface area contributed by atoms with E-state index in [0.717, 1.165) is 0 Å². The number of aromatic hydroxyl groups is 1. The number of phenols is 1. The number of benzene rings is 1. The first-order chi connectivity index (χ1) is 12.3. The van der Waals surface area contributed by atoms with Gasteiger partial charge in [-0.3, -0.25) is 14.5 Å². The number of fused-ring (bicyclic) bond motifs is 1. The molecular formula is C18H23N2O6+. The molecule has 8 heteroatoms. The van der Waals surface area contributed by atoms with Crippen LogP contribution >= 0.6 is 0 Å². The van der Waals surface area contributed by atoms with Crippen molar-refractivity contribution >= 4 is 17.8 Å². The molecule has 2 saturated heterocycles. The van der Waals surface area contributed by atoms with Crippen LogP contribution in [-0.2, 0) is 19.1 Å². The lowest BCUT2D eigenvalue weighted by atomic mass is 9.80. The van der Waals surface area contributed by atoms with Crippen molar-refractivity contribution in [3.63, 3.8) is 0 Å². The number of hydrogen-bond acceptors (Lipinski definition) is 6. The molecule has 2 heterocycles. The van der Waals surface area contributed by atoms with Crippen molar-refractivity contribution in [2.75, 3.05) is 20.8 Å². The van der Waals surface area contributed by atoms with Crippen molar-refractivity contribution in [2.24, 2.45) is 11.8 Å². The maximum absolute atomic E-state index is 12.9. The van der Waals surface area contributed by atoms with Crippen LogP contribution in [0.25, 0.3) is 0 Å². The summed E-state index contributed by atoms with van der Waals surface area (Å²) in [6.45, 7) is 3.63. The maximum atomic E-state index is 12.9. The first-order valence-electron chi connectivity index (χ1n) is 8.46. The normalized spacial score (nSPS) is 30.5. The highest BCUT2D eigenvalue weighted by molar-refractivity contribution is 6.08. The number of carbonyl (C=O) groups excluding carboxylic acids is 3. The minimum atomic E-state index is -1.20. The summed E-state index contributed by atoms with van der Waals surface area (Å²) in [5.74, 6) is -2.41. The lowest BCUT2D eigenvalue weighted by Gasteiger charge is -2.25. The Kier molecular flexibility index (Phi) is 4.39. The number of methoxy groups -OCH3 is 2. The zero-order valence-electron chi connectivity index (χ0n) is 15.2. The van der Waals surface area contributed by atoms with Crippen molar-refractivity contribution in [1.29, 1.82) is 0 Å². The molecule has 26 heavy (non-hydrogen) atoms. The topological polar surface area (TPSA) is 110 Å². The fourth-order valence-electron chi connectivity index (χ4n) is 4.26. The highest BCUT2D eigenvalue weighted by Crippen LogP contribution is 2.45. The first kappa shape index (κ1) is 18.2. The van der Waals surface area contributed by atoms with Crippen LogP contribution in [0.15, 0.2) is 18.2 Å². The highest BCUT2D eigenvalue weighted by Gasteiger charge is 2.70. The molecule has 0 radical (unpaired) electrons. The number of phenolic OH excluding ortho intramolecular Hbond substituents is 1. The van der Waals surface area contributed by atoms with Gasteiger partial charge in [0.25, 0.3) is 0 Å². The predicted molar refractivity (Wildman–Crippen MR) is 89.1 cm³/mol. The molecule has 2 aliphatic heterocycles. The molecule has 0 saturated carbocycles. The molecule has 140 valence electrons. The number of amides is 2. The fraction of sp³-hybridized carbons (Fsp3) is 0.500. The molecule has 0 bridgehead atoms. The summed E-state index contributed by atoms with van der Waals surface area (Å²) in [7, 11) is 2.70. The number of nitrogens with zero attached hydrogens (tertiary/aromatic N) is 1. The lowest BCUT2D eigenvalue weighted by molar-refractivity contribution is -0.731. The maximum Gasteiger partial charge on any atom is 0.368 e. The number of ether oxygens (including phenoxy) is 2. The van der Waals surface area contributed by atoms with E-state index < -0.39 is 29.4 Å². The Balaban J connectivity index is 2.11. The number of imide groups is 1. The average molecular weight is 363 g/mol. The number of esters is 1. The first-order valence-corrected chi connectivity index (χ1v) is 8.46. The van der Waals surface area contributed by atoms with Gasteiger partial charge in [0.2, 0.25) is 17.4 Å². The summed E-state index contributed by atoms with van der Waals surface area (Å²) in [5.41, 5.74) is -0.507. The smallest absolute Gasteiger partial charge is 0.368 e. The van der Waals surface area contributed by atoms with E-state index in [4.69, 9.17) is 9.47 Å². The average Bonchev–Trinajstić information content (AvgIpc) is 3.09. The summed E-state index contributed by atoms with van der Waals surface area (Å²) in [5, 5.41) is 11.6. The molecule has 2 fully saturated rings. The van der Waals surface area contributed by atoms with Crippen LogP contribution < -0.4 is 10.1 Å². The number of nitrogens with two attached hydrogens (primary N) is 1. The second kappa shape index (κ2) is 6.28. The van der Waals surface area contributed by atoms with Crippen LogP contribution in [0.4, 0.5) is 0 Å². The molecule has 0 aliphatic carbocycles. The Morgan fingerprint density at radius 2 is 2.00 bits per heavy atom. The molecule has 1 aromatic carbocycles. The van der Waals surface area contributed by atoms with Gasteiger partial charge in [-0.2, -0.15) is 0 Å². The summed E-state index contributed by atoms with van der Waals surface area (Å²) in [6.07, 6.45) is 0. The van der Waals surface area contributed by atoms with Gasteiger partial charge in [0, 0.05) is 19.0 Å². The lowest BCUT2D eigenvalue weighted by Crippen LogP contribution is -2.97. The number of rotatable bonds is 4. The van der Waals surface area contributed by atoms with Gasteiger partial charge in [-0.25, -0.2) is 4.79 Å². The van der Waals surface area contributed by atoms with Gasteiger partial charge < -0.3 is 19.9 Å². The molecule has 2 aliphatic rings. The summed E-state index contributed by atoms with van der Waals surface area (Å²) in [6, 6.07) is 4.31.